The Morgan fingerprint density at radius 1 is 1.29 bits per heavy atom. The maximum absolute atomic E-state index is 12.3. The Bertz CT molecular complexity index is 554. The Kier molecular flexibility index (Phi) is 4.78. The monoisotopic (exact) mass is 288 g/mol. The first-order valence-corrected chi connectivity index (χ1v) is 7.66. The molecule has 114 valence electrons. The molecule has 0 bridgehead atoms. The predicted octanol–water partition coefficient (Wildman–Crippen LogP) is 2.54. The van der Waals surface area contributed by atoms with Crippen molar-refractivity contribution in [2.24, 2.45) is 5.92 Å². The van der Waals surface area contributed by atoms with Crippen molar-refractivity contribution in [3.63, 3.8) is 0 Å². The Labute approximate surface area is 126 Å². The zero-order valence-electron chi connectivity index (χ0n) is 13.3. The molecule has 0 saturated carbocycles. The van der Waals surface area contributed by atoms with Crippen LogP contribution in [0.2, 0.25) is 0 Å². The summed E-state index contributed by atoms with van der Waals surface area (Å²) in [5, 5.41) is 3.50. The van der Waals surface area contributed by atoms with Crippen molar-refractivity contribution >= 4 is 11.8 Å². The lowest BCUT2D eigenvalue weighted by molar-refractivity contribution is -0.127. The van der Waals surface area contributed by atoms with Gasteiger partial charge in [0, 0.05) is 18.7 Å². The van der Waals surface area contributed by atoms with E-state index in [1.807, 2.05) is 18.2 Å². The van der Waals surface area contributed by atoms with Crippen molar-refractivity contribution in [1.82, 2.24) is 10.2 Å². The number of imide groups is 1. The van der Waals surface area contributed by atoms with Crippen molar-refractivity contribution in [2.45, 2.75) is 39.7 Å². The van der Waals surface area contributed by atoms with Crippen molar-refractivity contribution in [2.75, 3.05) is 13.6 Å². The number of benzene rings is 1. The fourth-order valence-corrected chi connectivity index (χ4v) is 2.82. The second kappa shape index (κ2) is 6.39. The molecule has 2 amide bonds. The largest absolute Gasteiger partial charge is 0.310 e. The third-order valence-corrected chi connectivity index (χ3v) is 4.38. The SMILES string of the molecule is CCNC(c1ccc2c(c1)C(=O)N(C)C(=O)C2)C(C)CC. The van der Waals surface area contributed by atoms with Gasteiger partial charge in [-0.15, -0.1) is 0 Å². The van der Waals surface area contributed by atoms with Gasteiger partial charge in [0.2, 0.25) is 5.91 Å². The van der Waals surface area contributed by atoms with Crippen LogP contribution in [-0.4, -0.2) is 30.3 Å². The maximum Gasteiger partial charge on any atom is 0.260 e. The van der Waals surface area contributed by atoms with E-state index in [1.165, 1.54) is 4.90 Å². The number of carbonyl (C=O) groups is 2. The Morgan fingerprint density at radius 3 is 2.62 bits per heavy atom. The second-order valence-electron chi connectivity index (χ2n) is 5.77. The van der Waals surface area contributed by atoms with Crippen molar-refractivity contribution in [3.05, 3.63) is 34.9 Å². The minimum absolute atomic E-state index is 0.134. The van der Waals surface area contributed by atoms with Crippen LogP contribution in [0, 0.1) is 5.92 Å². The molecule has 0 aromatic heterocycles. The average molecular weight is 288 g/mol. The molecule has 21 heavy (non-hydrogen) atoms. The summed E-state index contributed by atoms with van der Waals surface area (Å²) in [7, 11) is 1.55. The minimum atomic E-state index is -0.192. The van der Waals surface area contributed by atoms with Crippen LogP contribution in [0.5, 0.6) is 0 Å². The van der Waals surface area contributed by atoms with E-state index in [2.05, 4.69) is 26.1 Å². The maximum atomic E-state index is 12.3. The molecule has 4 nitrogen and oxygen atoms in total. The smallest absolute Gasteiger partial charge is 0.260 e. The van der Waals surface area contributed by atoms with Gasteiger partial charge in [-0.3, -0.25) is 14.5 Å². The van der Waals surface area contributed by atoms with E-state index in [4.69, 9.17) is 0 Å². The predicted molar refractivity (Wildman–Crippen MR) is 83.1 cm³/mol. The Balaban J connectivity index is 2.40. The van der Waals surface area contributed by atoms with Crippen LogP contribution in [0.25, 0.3) is 0 Å². The van der Waals surface area contributed by atoms with Crippen LogP contribution < -0.4 is 5.32 Å². The summed E-state index contributed by atoms with van der Waals surface area (Å²) in [6.07, 6.45) is 1.38. The zero-order valence-corrected chi connectivity index (χ0v) is 13.3. The van der Waals surface area contributed by atoms with Gasteiger partial charge in [0.1, 0.15) is 0 Å². The standard InChI is InChI=1S/C17H24N2O2/c1-5-11(3)16(18-6-2)13-8-7-12-10-15(20)19(4)17(21)14(12)9-13/h7-9,11,16,18H,5-6,10H2,1-4H3. The van der Waals surface area contributed by atoms with Crippen molar-refractivity contribution in [3.8, 4) is 0 Å². The topological polar surface area (TPSA) is 49.4 Å². The van der Waals surface area contributed by atoms with Crippen molar-refractivity contribution < 1.29 is 9.59 Å². The molecular weight excluding hydrogens is 264 g/mol. The Hall–Kier alpha value is -1.68. The number of fused-ring (bicyclic) bond motifs is 1. The van der Waals surface area contributed by atoms with Gasteiger partial charge >= 0.3 is 0 Å². The number of likely N-dealkylation sites (N-methyl/N-ethyl adjacent to an activating group) is 1. The molecule has 1 aliphatic rings. The van der Waals surface area contributed by atoms with Crippen LogP contribution in [0.15, 0.2) is 18.2 Å². The van der Waals surface area contributed by atoms with Crippen LogP contribution in [0.3, 0.4) is 0 Å². The molecule has 2 unspecified atom stereocenters. The number of carbonyl (C=O) groups excluding carboxylic acids is 2. The van der Waals surface area contributed by atoms with E-state index in [1.54, 1.807) is 7.05 Å². The van der Waals surface area contributed by atoms with E-state index in [0.29, 0.717) is 17.9 Å². The molecule has 1 heterocycles. The van der Waals surface area contributed by atoms with Gasteiger partial charge in [0.05, 0.1) is 6.42 Å². The molecule has 0 fully saturated rings. The summed E-state index contributed by atoms with van der Waals surface area (Å²) in [5.74, 6) is 0.161. The van der Waals surface area contributed by atoms with Gasteiger partial charge in [-0.1, -0.05) is 39.3 Å². The van der Waals surface area contributed by atoms with Gasteiger partial charge in [0.15, 0.2) is 0 Å². The number of hydrogen-bond acceptors (Lipinski definition) is 3. The summed E-state index contributed by atoms with van der Waals surface area (Å²) >= 11 is 0. The molecule has 0 radical (unpaired) electrons. The summed E-state index contributed by atoms with van der Waals surface area (Å²) < 4.78 is 0. The highest BCUT2D eigenvalue weighted by Gasteiger charge is 2.29. The molecule has 1 aliphatic heterocycles. The number of nitrogens with zero attached hydrogens (tertiary/aromatic N) is 1. The minimum Gasteiger partial charge on any atom is -0.310 e. The molecule has 0 spiro atoms. The van der Waals surface area contributed by atoms with E-state index in [-0.39, 0.29) is 17.9 Å². The first-order valence-electron chi connectivity index (χ1n) is 7.66. The molecule has 1 N–H and O–H groups in total. The molecule has 1 aromatic rings. The van der Waals surface area contributed by atoms with Gasteiger partial charge in [-0.25, -0.2) is 0 Å². The summed E-state index contributed by atoms with van der Waals surface area (Å²) in [6, 6.07) is 6.17. The average Bonchev–Trinajstić information content (AvgIpc) is 2.49. The first-order chi connectivity index (χ1) is 9.99. The highest BCUT2D eigenvalue weighted by Crippen LogP contribution is 2.28. The van der Waals surface area contributed by atoms with Gasteiger partial charge in [-0.05, 0) is 29.7 Å². The van der Waals surface area contributed by atoms with Crippen LogP contribution in [0.4, 0.5) is 0 Å². The van der Waals surface area contributed by atoms with Crippen LogP contribution in [0.1, 0.15) is 54.7 Å². The normalized spacial score (nSPS) is 17.6. The molecular formula is C17H24N2O2. The number of amides is 2. The highest BCUT2D eigenvalue weighted by atomic mass is 16.2. The number of nitrogens with one attached hydrogen (secondary N) is 1. The van der Waals surface area contributed by atoms with Gasteiger partial charge < -0.3 is 5.32 Å². The highest BCUT2D eigenvalue weighted by molar-refractivity contribution is 6.09. The van der Waals surface area contributed by atoms with Crippen LogP contribution >= 0.6 is 0 Å². The molecule has 2 atom stereocenters. The van der Waals surface area contributed by atoms with Gasteiger partial charge in [-0.2, -0.15) is 0 Å². The summed E-state index contributed by atoms with van der Waals surface area (Å²) in [5.41, 5.74) is 2.63. The second-order valence-corrected chi connectivity index (χ2v) is 5.77. The summed E-state index contributed by atoms with van der Waals surface area (Å²) in [4.78, 5) is 25.2. The third kappa shape index (κ3) is 3.00. The fourth-order valence-electron chi connectivity index (χ4n) is 2.82. The Morgan fingerprint density at radius 2 is 2.00 bits per heavy atom. The zero-order chi connectivity index (χ0) is 15.6. The lowest BCUT2D eigenvalue weighted by Crippen LogP contribution is -2.39. The molecule has 0 saturated heterocycles. The van der Waals surface area contributed by atoms with E-state index in [0.717, 1.165) is 24.1 Å². The first kappa shape index (κ1) is 15.7. The van der Waals surface area contributed by atoms with Crippen molar-refractivity contribution in [1.29, 1.82) is 0 Å². The fraction of sp³-hybridized carbons (Fsp3) is 0.529. The molecule has 4 heteroatoms. The van der Waals surface area contributed by atoms with Gasteiger partial charge in [0.25, 0.3) is 5.91 Å². The quantitative estimate of drug-likeness (QED) is 0.847. The van der Waals surface area contributed by atoms with E-state index >= 15 is 0 Å². The molecule has 1 aromatic carbocycles. The lowest BCUT2D eigenvalue weighted by Gasteiger charge is -2.28. The lowest BCUT2D eigenvalue weighted by atomic mass is 9.88. The summed E-state index contributed by atoms with van der Waals surface area (Å²) in [6.45, 7) is 7.36. The number of rotatable bonds is 5. The molecule has 0 aliphatic carbocycles. The third-order valence-electron chi connectivity index (χ3n) is 4.38. The number of hydrogen-bond donors (Lipinski definition) is 1. The molecule has 2 rings (SSSR count). The van der Waals surface area contributed by atoms with E-state index < -0.39 is 0 Å². The van der Waals surface area contributed by atoms with Crippen LogP contribution in [-0.2, 0) is 11.2 Å². The van der Waals surface area contributed by atoms with E-state index in [9.17, 15) is 9.59 Å².